The van der Waals surface area contributed by atoms with E-state index in [0.29, 0.717) is 12.4 Å². The number of rotatable bonds is 7. The average molecular weight is 214 g/mol. The molecule has 13 heavy (non-hydrogen) atoms. The molecule has 1 nitrogen and oxygen atoms in total. The fourth-order valence-corrected chi connectivity index (χ4v) is 1.59. The fourth-order valence-electron chi connectivity index (χ4n) is 1.38. The van der Waals surface area contributed by atoms with Gasteiger partial charge in [0.15, 0.2) is 0 Å². The number of alkyl halides is 3. The van der Waals surface area contributed by atoms with E-state index in [2.05, 4.69) is 6.92 Å². The molecule has 0 aromatic heterocycles. The molecule has 0 aliphatic rings. The Morgan fingerprint density at radius 2 is 2.00 bits per heavy atom. The predicted molar refractivity (Wildman–Crippen MR) is 52.7 cm³/mol. The Hall–Kier alpha value is 0.110. The molecule has 0 saturated heterocycles. The highest BCUT2D eigenvalue weighted by molar-refractivity contribution is 6.18. The van der Waals surface area contributed by atoms with Crippen LogP contribution in [0, 0.1) is 0 Å². The zero-order valence-electron chi connectivity index (χ0n) is 8.27. The third-order valence-electron chi connectivity index (χ3n) is 2.07. The molecule has 0 spiro atoms. The summed E-state index contributed by atoms with van der Waals surface area (Å²) in [6.07, 6.45) is -0.296. The monoisotopic (exact) mass is 213 g/mol. The van der Waals surface area contributed by atoms with Gasteiger partial charge in [-0.25, -0.2) is 8.78 Å². The summed E-state index contributed by atoms with van der Waals surface area (Å²) in [6, 6.07) is 0.206. The maximum Gasteiger partial charge on any atom is 0.251 e. The standard InChI is InChI=1S/C9H18ClF2N/c1-3-4-8(2)13(6-5-10)7-9(11)12/h8-9H,3-7H2,1-2H3. The Labute approximate surface area is 84.1 Å². The lowest BCUT2D eigenvalue weighted by atomic mass is 10.1. The van der Waals surface area contributed by atoms with Crippen LogP contribution in [0.2, 0.25) is 0 Å². The SMILES string of the molecule is CCCC(C)N(CCCl)CC(F)F. The lowest BCUT2D eigenvalue weighted by molar-refractivity contribution is 0.0707. The molecular weight excluding hydrogens is 196 g/mol. The molecule has 1 atom stereocenters. The first-order valence-electron chi connectivity index (χ1n) is 4.70. The lowest BCUT2D eigenvalue weighted by Gasteiger charge is -2.27. The quantitative estimate of drug-likeness (QED) is 0.588. The van der Waals surface area contributed by atoms with Crippen LogP contribution in [0.15, 0.2) is 0 Å². The molecule has 0 N–H and O–H groups in total. The van der Waals surface area contributed by atoms with Crippen LogP contribution in [-0.4, -0.2) is 36.3 Å². The molecule has 0 aliphatic carbocycles. The second kappa shape index (κ2) is 7.51. The molecule has 0 radical (unpaired) electrons. The van der Waals surface area contributed by atoms with Crippen molar-refractivity contribution in [1.29, 1.82) is 0 Å². The van der Waals surface area contributed by atoms with Crippen LogP contribution in [0.25, 0.3) is 0 Å². The number of halogens is 3. The van der Waals surface area contributed by atoms with E-state index < -0.39 is 6.43 Å². The second-order valence-corrected chi connectivity index (χ2v) is 3.59. The molecule has 0 aromatic rings. The van der Waals surface area contributed by atoms with Crippen LogP contribution in [0.1, 0.15) is 26.7 Å². The number of hydrogen-bond donors (Lipinski definition) is 0. The van der Waals surface area contributed by atoms with Gasteiger partial charge in [-0.05, 0) is 13.3 Å². The molecule has 0 rings (SSSR count). The van der Waals surface area contributed by atoms with E-state index in [9.17, 15) is 8.78 Å². The Morgan fingerprint density at radius 3 is 2.38 bits per heavy atom. The highest BCUT2D eigenvalue weighted by Gasteiger charge is 2.16. The summed E-state index contributed by atoms with van der Waals surface area (Å²) in [4.78, 5) is 1.75. The van der Waals surface area contributed by atoms with Crippen molar-refractivity contribution in [2.45, 2.75) is 39.2 Å². The smallest absolute Gasteiger partial charge is 0.251 e. The maximum atomic E-state index is 12.1. The van der Waals surface area contributed by atoms with Crippen LogP contribution in [0.5, 0.6) is 0 Å². The van der Waals surface area contributed by atoms with Gasteiger partial charge in [0, 0.05) is 18.5 Å². The molecule has 0 bridgehead atoms. The molecule has 0 aliphatic heterocycles. The van der Waals surface area contributed by atoms with Gasteiger partial charge in [0.25, 0.3) is 6.43 Å². The zero-order valence-corrected chi connectivity index (χ0v) is 9.03. The average Bonchev–Trinajstić information content (AvgIpc) is 2.03. The topological polar surface area (TPSA) is 3.24 Å². The van der Waals surface area contributed by atoms with Crippen LogP contribution < -0.4 is 0 Å². The van der Waals surface area contributed by atoms with E-state index in [1.165, 1.54) is 0 Å². The molecule has 0 saturated carbocycles. The first-order valence-corrected chi connectivity index (χ1v) is 5.23. The van der Waals surface area contributed by atoms with E-state index in [-0.39, 0.29) is 12.6 Å². The van der Waals surface area contributed by atoms with Crippen LogP contribution in [0.4, 0.5) is 8.78 Å². The number of hydrogen-bond acceptors (Lipinski definition) is 1. The van der Waals surface area contributed by atoms with Crippen LogP contribution >= 0.6 is 11.6 Å². The Bertz CT molecular complexity index is 122. The van der Waals surface area contributed by atoms with E-state index in [0.717, 1.165) is 12.8 Å². The van der Waals surface area contributed by atoms with Crippen molar-refractivity contribution in [1.82, 2.24) is 4.90 Å². The van der Waals surface area contributed by atoms with Crippen molar-refractivity contribution in [2.75, 3.05) is 19.0 Å². The van der Waals surface area contributed by atoms with Gasteiger partial charge in [-0.3, -0.25) is 4.90 Å². The maximum absolute atomic E-state index is 12.1. The van der Waals surface area contributed by atoms with Gasteiger partial charge >= 0.3 is 0 Å². The van der Waals surface area contributed by atoms with Gasteiger partial charge in [-0.15, -0.1) is 11.6 Å². The third-order valence-corrected chi connectivity index (χ3v) is 2.24. The van der Waals surface area contributed by atoms with Gasteiger partial charge < -0.3 is 0 Å². The Kier molecular flexibility index (Phi) is 7.57. The van der Waals surface area contributed by atoms with E-state index in [1.807, 2.05) is 6.92 Å². The van der Waals surface area contributed by atoms with E-state index >= 15 is 0 Å². The van der Waals surface area contributed by atoms with Crippen molar-refractivity contribution >= 4 is 11.6 Å². The number of nitrogens with zero attached hydrogens (tertiary/aromatic N) is 1. The molecule has 0 fully saturated rings. The molecule has 0 heterocycles. The first-order chi connectivity index (χ1) is 6.11. The normalized spacial score (nSPS) is 14.1. The summed E-state index contributed by atoms with van der Waals surface area (Å²) in [7, 11) is 0. The van der Waals surface area contributed by atoms with Crippen molar-refractivity contribution in [3.8, 4) is 0 Å². The van der Waals surface area contributed by atoms with Gasteiger partial charge in [0.05, 0.1) is 6.54 Å². The predicted octanol–water partition coefficient (Wildman–Crippen LogP) is 2.98. The summed E-state index contributed by atoms with van der Waals surface area (Å²) in [5.74, 6) is 0.417. The fraction of sp³-hybridized carbons (Fsp3) is 1.00. The highest BCUT2D eigenvalue weighted by Crippen LogP contribution is 2.09. The molecule has 4 heteroatoms. The van der Waals surface area contributed by atoms with Crippen molar-refractivity contribution in [2.24, 2.45) is 0 Å². The molecule has 80 valence electrons. The Balaban J connectivity index is 3.90. The van der Waals surface area contributed by atoms with Gasteiger partial charge in [-0.1, -0.05) is 13.3 Å². The van der Waals surface area contributed by atoms with Gasteiger partial charge in [0.2, 0.25) is 0 Å². The highest BCUT2D eigenvalue weighted by atomic mass is 35.5. The van der Waals surface area contributed by atoms with Crippen LogP contribution in [0.3, 0.4) is 0 Å². The molecule has 0 aromatic carbocycles. The second-order valence-electron chi connectivity index (χ2n) is 3.21. The van der Waals surface area contributed by atoms with E-state index in [4.69, 9.17) is 11.6 Å². The third kappa shape index (κ3) is 6.22. The summed E-state index contributed by atoms with van der Waals surface area (Å²) < 4.78 is 24.2. The Morgan fingerprint density at radius 1 is 1.38 bits per heavy atom. The minimum Gasteiger partial charge on any atom is -0.294 e. The molecule has 1 unspecified atom stereocenters. The molecular formula is C9H18ClF2N. The summed E-state index contributed by atoms with van der Waals surface area (Å²) in [5, 5.41) is 0. The van der Waals surface area contributed by atoms with Crippen molar-refractivity contribution in [3.63, 3.8) is 0 Å². The molecule has 0 amide bonds. The summed E-state index contributed by atoms with van der Waals surface area (Å²) in [5.41, 5.74) is 0. The van der Waals surface area contributed by atoms with Crippen molar-refractivity contribution < 1.29 is 8.78 Å². The minimum atomic E-state index is -2.26. The van der Waals surface area contributed by atoms with Crippen LogP contribution in [-0.2, 0) is 0 Å². The zero-order chi connectivity index (χ0) is 10.3. The summed E-state index contributed by atoms with van der Waals surface area (Å²) >= 11 is 5.54. The van der Waals surface area contributed by atoms with E-state index in [1.54, 1.807) is 4.90 Å². The summed E-state index contributed by atoms with van der Waals surface area (Å²) in [6.45, 7) is 4.41. The largest absolute Gasteiger partial charge is 0.294 e. The van der Waals surface area contributed by atoms with Gasteiger partial charge in [0.1, 0.15) is 0 Å². The first kappa shape index (κ1) is 13.1. The van der Waals surface area contributed by atoms with Gasteiger partial charge in [-0.2, -0.15) is 0 Å². The minimum absolute atomic E-state index is 0.159. The van der Waals surface area contributed by atoms with Crippen molar-refractivity contribution in [3.05, 3.63) is 0 Å². The lowest BCUT2D eigenvalue weighted by Crippen LogP contribution is -2.38.